The number of rotatable bonds is 2. The quantitative estimate of drug-likeness (QED) is 0.504. The lowest BCUT2D eigenvalue weighted by Crippen LogP contribution is -2.07. The Morgan fingerprint density at radius 1 is 1.16 bits per heavy atom. The van der Waals surface area contributed by atoms with Crippen LogP contribution in [0.3, 0.4) is 0 Å². The van der Waals surface area contributed by atoms with E-state index >= 15 is 0 Å². The Morgan fingerprint density at radius 2 is 1.84 bits per heavy atom. The van der Waals surface area contributed by atoms with Crippen molar-refractivity contribution in [1.82, 2.24) is 0 Å². The van der Waals surface area contributed by atoms with Crippen LogP contribution in [0.4, 0.5) is 17.6 Å². The summed E-state index contributed by atoms with van der Waals surface area (Å²) in [5, 5.41) is -0.916. The van der Waals surface area contributed by atoms with Gasteiger partial charge in [-0.3, -0.25) is 0 Å². The van der Waals surface area contributed by atoms with E-state index in [0.29, 0.717) is 10.9 Å². The average Bonchev–Trinajstić information content (AvgIpc) is 2.74. The predicted octanol–water partition coefficient (Wildman–Crippen LogP) is 5.54. The Balaban J connectivity index is 2.44. The molecular formula is C13H9ClF4S. The summed E-state index contributed by atoms with van der Waals surface area (Å²) in [6.45, 7) is 1.85. The molecule has 6 heteroatoms. The molecule has 0 saturated carbocycles. The van der Waals surface area contributed by atoms with Gasteiger partial charge in [0.25, 0.3) is 0 Å². The zero-order chi connectivity index (χ0) is 14.2. The van der Waals surface area contributed by atoms with E-state index in [-0.39, 0.29) is 5.56 Å². The van der Waals surface area contributed by atoms with Gasteiger partial charge in [0.1, 0.15) is 5.82 Å². The summed E-state index contributed by atoms with van der Waals surface area (Å²) >= 11 is 7.41. The van der Waals surface area contributed by atoms with Crippen molar-refractivity contribution in [2.24, 2.45) is 0 Å². The van der Waals surface area contributed by atoms with Crippen molar-refractivity contribution < 1.29 is 17.6 Å². The van der Waals surface area contributed by atoms with Crippen LogP contribution >= 0.6 is 22.9 Å². The molecule has 1 heterocycles. The molecule has 1 unspecified atom stereocenters. The van der Waals surface area contributed by atoms with Crippen LogP contribution in [0.25, 0.3) is 0 Å². The lowest BCUT2D eigenvalue weighted by Gasteiger charge is -2.13. The van der Waals surface area contributed by atoms with Crippen molar-refractivity contribution in [2.75, 3.05) is 0 Å². The monoisotopic (exact) mass is 308 g/mol. The maximum absolute atomic E-state index is 13.7. The fourth-order valence-electron chi connectivity index (χ4n) is 1.66. The molecule has 1 aromatic carbocycles. The first kappa shape index (κ1) is 14.3. The van der Waals surface area contributed by atoms with Gasteiger partial charge in [0.2, 0.25) is 0 Å². The van der Waals surface area contributed by atoms with Crippen LogP contribution < -0.4 is 0 Å². The molecule has 0 N–H and O–H groups in total. The third-order valence-electron chi connectivity index (χ3n) is 2.61. The largest absolute Gasteiger partial charge is 0.416 e. The summed E-state index contributed by atoms with van der Waals surface area (Å²) in [6.07, 6.45) is -4.51. The molecule has 0 nitrogen and oxygen atoms in total. The highest BCUT2D eigenvalue weighted by Crippen LogP contribution is 2.38. The summed E-state index contributed by atoms with van der Waals surface area (Å²) in [5.74, 6) is -0.737. The lowest BCUT2D eigenvalue weighted by atomic mass is 10.1. The van der Waals surface area contributed by atoms with Gasteiger partial charge in [0.05, 0.1) is 10.9 Å². The van der Waals surface area contributed by atoms with E-state index in [1.807, 2.05) is 6.92 Å². The normalized spacial score (nSPS) is 13.6. The second-order valence-electron chi connectivity index (χ2n) is 4.05. The maximum Gasteiger partial charge on any atom is 0.416 e. The van der Waals surface area contributed by atoms with Gasteiger partial charge in [0, 0.05) is 15.3 Å². The average molecular weight is 309 g/mol. The first-order valence-corrected chi connectivity index (χ1v) is 6.61. The van der Waals surface area contributed by atoms with E-state index in [2.05, 4.69) is 0 Å². The third kappa shape index (κ3) is 3.09. The molecule has 0 aliphatic rings. The van der Waals surface area contributed by atoms with Gasteiger partial charge in [-0.15, -0.1) is 22.9 Å². The van der Waals surface area contributed by atoms with Crippen LogP contribution in [0, 0.1) is 12.7 Å². The number of hydrogen-bond acceptors (Lipinski definition) is 1. The Labute approximate surface area is 116 Å². The number of thiophene rings is 1. The molecule has 0 saturated heterocycles. The van der Waals surface area contributed by atoms with Crippen molar-refractivity contribution in [2.45, 2.75) is 18.5 Å². The number of hydrogen-bond donors (Lipinski definition) is 0. The molecule has 0 aliphatic heterocycles. The number of alkyl halides is 4. The van der Waals surface area contributed by atoms with Gasteiger partial charge in [-0.2, -0.15) is 13.2 Å². The fraction of sp³-hybridized carbons (Fsp3) is 0.231. The fourth-order valence-corrected chi connectivity index (χ4v) is 2.91. The number of halogens is 5. The molecule has 102 valence electrons. The molecule has 0 bridgehead atoms. The zero-order valence-corrected chi connectivity index (χ0v) is 11.3. The van der Waals surface area contributed by atoms with E-state index in [4.69, 9.17) is 11.6 Å². The lowest BCUT2D eigenvalue weighted by molar-refractivity contribution is -0.137. The van der Waals surface area contributed by atoms with E-state index in [1.54, 1.807) is 12.1 Å². The Kier molecular flexibility index (Phi) is 3.87. The molecule has 0 amide bonds. The van der Waals surface area contributed by atoms with Crippen molar-refractivity contribution in [3.05, 3.63) is 57.0 Å². The topological polar surface area (TPSA) is 0 Å². The summed E-state index contributed by atoms with van der Waals surface area (Å²) in [4.78, 5) is 1.59. The second kappa shape index (κ2) is 5.13. The van der Waals surface area contributed by atoms with Crippen LogP contribution in [0.2, 0.25) is 0 Å². The SMILES string of the molecule is Cc1ccc(C(Cl)c2cc(C(F)(F)F)ccc2F)s1. The highest BCUT2D eigenvalue weighted by atomic mass is 35.5. The van der Waals surface area contributed by atoms with Crippen LogP contribution in [-0.4, -0.2) is 0 Å². The summed E-state index contributed by atoms with van der Waals surface area (Å²) in [7, 11) is 0. The van der Waals surface area contributed by atoms with Crippen LogP contribution in [0.1, 0.15) is 26.3 Å². The molecule has 0 radical (unpaired) electrons. The summed E-state index contributed by atoms with van der Waals surface area (Å²) < 4.78 is 51.5. The Bertz CT molecular complexity index is 589. The smallest absolute Gasteiger partial charge is 0.207 e. The number of aryl methyl sites for hydroxylation is 1. The van der Waals surface area contributed by atoms with Crippen molar-refractivity contribution in [3.63, 3.8) is 0 Å². The van der Waals surface area contributed by atoms with Gasteiger partial charge in [-0.05, 0) is 37.3 Å². The van der Waals surface area contributed by atoms with Gasteiger partial charge >= 0.3 is 6.18 Å². The minimum atomic E-state index is -4.51. The van der Waals surface area contributed by atoms with Gasteiger partial charge in [-0.1, -0.05) is 0 Å². The van der Waals surface area contributed by atoms with Gasteiger partial charge in [-0.25, -0.2) is 4.39 Å². The van der Waals surface area contributed by atoms with E-state index in [9.17, 15) is 17.6 Å². The highest BCUT2D eigenvalue weighted by molar-refractivity contribution is 7.12. The van der Waals surface area contributed by atoms with Gasteiger partial charge < -0.3 is 0 Å². The van der Waals surface area contributed by atoms with Crippen LogP contribution in [0.15, 0.2) is 30.3 Å². The molecule has 1 atom stereocenters. The predicted molar refractivity (Wildman–Crippen MR) is 68.2 cm³/mol. The Hall–Kier alpha value is -1.07. The van der Waals surface area contributed by atoms with Crippen LogP contribution in [-0.2, 0) is 6.18 Å². The van der Waals surface area contributed by atoms with Crippen molar-refractivity contribution in [1.29, 1.82) is 0 Å². The molecule has 19 heavy (non-hydrogen) atoms. The van der Waals surface area contributed by atoms with Crippen molar-refractivity contribution in [3.8, 4) is 0 Å². The van der Waals surface area contributed by atoms with E-state index in [0.717, 1.165) is 17.0 Å². The minimum absolute atomic E-state index is 0.154. The molecule has 2 aromatic rings. The third-order valence-corrected chi connectivity index (χ3v) is 4.27. The molecule has 0 aliphatic carbocycles. The van der Waals surface area contributed by atoms with E-state index < -0.39 is 22.9 Å². The Morgan fingerprint density at radius 3 is 2.37 bits per heavy atom. The van der Waals surface area contributed by atoms with Crippen molar-refractivity contribution >= 4 is 22.9 Å². The molecule has 0 fully saturated rings. The zero-order valence-electron chi connectivity index (χ0n) is 9.76. The standard InChI is InChI=1S/C13H9ClF4S/c1-7-2-5-11(19-7)12(14)9-6-8(13(16,17)18)3-4-10(9)15/h2-6,12H,1H3. The van der Waals surface area contributed by atoms with Crippen LogP contribution in [0.5, 0.6) is 0 Å². The molecular weight excluding hydrogens is 300 g/mol. The molecule has 1 aromatic heterocycles. The molecule has 0 spiro atoms. The minimum Gasteiger partial charge on any atom is -0.207 e. The summed E-state index contributed by atoms with van der Waals surface area (Å²) in [6, 6.07) is 5.76. The maximum atomic E-state index is 13.7. The van der Waals surface area contributed by atoms with E-state index in [1.165, 1.54) is 11.3 Å². The first-order valence-electron chi connectivity index (χ1n) is 5.36. The molecule has 2 rings (SSSR count). The second-order valence-corrected chi connectivity index (χ2v) is 5.80. The van der Waals surface area contributed by atoms with Gasteiger partial charge in [0.15, 0.2) is 0 Å². The first-order chi connectivity index (χ1) is 8.79. The highest BCUT2D eigenvalue weighted by Gasteiger charge is 2.32. The number of benzene rings is 1. The summed E-state index contributed by atoms with van der Waals surface area (Å²) in [5.41, 5.74) is -1.05.